The number of halogens is 1. The number of hydrogen-bond acceptors (Lipinski definition) is 2. The lowest BCUT2D eigenvalue weighted by Crippen LogP contribution is -2.03. The van der Waals surface area contributed by atoms with Crippen molar-refractivity contribution in [3.05, 3.63) is 29.1 Å². The molecule has 0 aliphatic carbocycles. The van der Waals surface area contributed by atoms with Crippen molar-refractivity contribution < 1.29 is 19.0 Å². The molecule has 0 aromatic heterocycles. The number of methoxy groups -OCH3 is 1. The lowest BCUT2D eigenvalue weighted by atomic mass is 9.93. The number of benzene rings is 1. The van der Waals surface area contributed by atoms with Gasteiger partial charge in [0.15, 0.2) is 0 Å². The Hall–Kier alpha value is -1.58. The zero-order valence-corrected chi connectivity index (χ0v) is 11.0. The Labute approximate surface area is 107 Å². The van der Waals surface area contributed by atoms with Gasteiger partial charge in [0.05, 0.1) is 7.11 Å². The summed E-state index contributed by atoms with van der Waals surface area (Å²) in [5.74, 6) is -0.429. The van der Waals surface area contributed by atoms with E-state index in [2.05, 4.69) is 0 Å². The zero-order chi connectivity index (χ0) is 13.7. The first-order valence-electron chi connectivity index (χ1n) is 6.03. The van der Waals surface area contributed by atoms with Gasteiger partial charge in [-0.2, -0.15) is 0 Å². The first-order valence-corrected chi connectivity index (χ1v) is 6.03. The summed E-state index contributed by atoms with van der Waals surface area (Å²) in [5, 5.41) is 8.63. The second-order valence-electron chi connectivity index (χ2n) is 4.58. The molecule has 0 heterocycles. The Morgan fingerprint density at radius 2 is 2.11 bits per heavy atom. The van der Waals surface area contributed by atoms with Crippen molar-refractivity contribution >= 4 is 5.97 Å². The van der Waals surface area contributed by atoms with E-state index in [-0.39, 0.29) is 18.2 Å². The highest BCUT2D eigenvalue weighted by Gasteiger charge is 2.15. The van der Waals surface area contributed by atoms with E-state index >= 15 is 0 Å². The predicted octanol–water partition coefficient (Wildman–Crippen LogP) is 3.37. The molecule has 100 valence electrons. The van der Waals surface area contributed by atoms with Gasteiger partial charge in [-0.05, 0) is 30.4 Å². The van der Waals surface area contributed by atoms with Crippen LogP contribution in [0.2, 0.25) is 0 Å². The molecule has 0 bridgehead atoms. The highest BCUT2D eigenvalue weighted by atomic mass is 19.1. The number of hydrogen-bond donors (Lipinski definition) is 1. The number of ether oxygens (including phenoxy) is 1. The highest BCUT2D eigenvalue weighted by molar-refractivity contribution is 5.66. The van der Waals surface area contributed by atoms with Crippen molar-refractivity contribution in [3.8, 4) is 5.75 Å². The molecule has 0 spiro atoms. The normalized spacial score (nSPS) is 10.7. The van der Waals surface area contributed by atoms with Crippen molar-refractivity contribution in [2.24, 2.45) is 0 Å². The largest absolute Gasteiger partial charge is 0.496 e. The summed E-state index contributed by atoms with van der Waals surface area (Å²) in [7, 11) is 1.52. The second kappa shape index (κ2) is 6.38. The molecule has 18 heavy (non-hydrogen) atoms. The zero-order valence-electron chi connectivity index (χ0n) is 11.0. The molecule has 1 aromatic rings. The van der Waals surface area contributed by atoms with E-state index in [1.54, 1.807) is 0 Å². The fourth-order valence-corrected chi connectivity index (χ4v) is 2.11. The molecule has 1 aromatic carbocycles. The molecule has 0 saturated heterocycles. The predicted molar refractivity (Wildman–Crippen MR) is 67.6 cm³/mol. The van der Waals surface area contributed by atoms with E-state index < -0.39 is 5.97 Å². The van der Waals surface area contributed by atoms with Gasteiger partial charge in [0.25, 0.3) is 0 Å². The summed E-state index contributed by atoms with van der Waals surface area (Å²) in [5.41, 5.74) is 1.80. The maximum Gasteiger partial charge on any atom is 0.303 e. The molecular formula is C14H19FO3. The number of aliphatic carboxylic acids is 1. The number of carbonyl (C=O) groups is 1. The monoisotopic (exact) mass is 254 g/mol. The van der Waals surface area contributed by atoms with Crippen LogP contribution in [0.15, 0.2) is 12.1 Å². The van der Waals surface area contributed by atoms with Crippen LogP contribution in [0.4, 0.5) is 4.39 Å². The van der Waals surface area contributed by atoms with Crippen LogP contribution in [0, 0.1) is 5.82 Å². The smallest absolute Gasteiger partial charge is 0.303 e. The summed E-state index contributed by atoms with van der Waals surface area (Å²) in [4.78, 5) is 10.5. The van der Waals surface area contributed by atoms with Crippen LogP contribution in [0.5, 0.6) is 5.75 Å². The summed E-state index contributed by atoms with van der Waals surface area (Å²) < 4.78 is 18.6. The van der Waals surface area contributed by atoms with Crippen LogP contribution in [0.3, 0.4) is 0 Å². The third kappa shape index (κ3) is 3.72. The SMILES string of the molecule is COc1cc(F)cc(CCCC(=O)O)c1C(C)C. The molecule has 0 fully saturated rings. The second-order valence-corrected chi connectivity index (χ2v) is 4.58. The van der Waals surface area contributed by atoms with Gasteiger partial charge in [0.2, 0.25) is 0 Å². The van der Waals surface area contributed by atoms with Gasteiger partial charge < -0.3 is 9.84 Å². The first-order chi connectivity index (χ1) is 8.45. The van der Waals surface area contributed by atoms with Crippen molar-refractivity contribution in [1.82, 2.24) is 0 Å². The van der Waals surface area contributed by atoms with Crippen LogP contribution in [0.25, 0.3) is 0 Å². The maximum atomic E-state index is 13.4. The topological polar surface area (TPSA) is 46.5 Å². The average Bonchev–Trinajstić information content (AvgIpc) is 2.26. The maximum absolute atomic E-state index is 13.4. The minimum absolute atomic E-state index is 0.0936. The van der Waals surface area contributed by atoms with Crippen molar-refractivity contribution in [2.45, 2.75) is 39.0 Å². The molecule has 3 nitrogen and oxygen atoms in total. The Bertz CT molecular complexity index is 427. The molecule has 1 N–H and O–H groups in total. The molecule has 0 amide bonds. The van der Waals surface area contributed by atoms with E-state index in [1.165, 1.54) is 19.2 Å². The average molecular weight is 254 g/mol. The van der Waals surface area contributed by atoms with Crippen LogP contribution in [-0.2, 0) is 11.2 Å². The van der Waals surface area contributed by atoms with E-state index in [4.69, 9.17) is 9.84 Å². The van der Waals surface area contributed by atoms with Gasteiger partial charge in [0.1, 0.15) is 11.6 Å². The summed E-state index contributed by atoms with van der Waals surface area (Å²) in [6, 6.07) is 2.84. The third-order valence-electron chi connectivity index (χ3n) is 2.83. The molecular weight excluding hydrogens is 235 g/mol. The molecule has 0 atom stereocenters. The number of aryl methyl sites for hydroxylation is 1. The lowest BCUT2D eigenvalue weighted by Gasteiger charge is -2.17. The van der Waals surface area contributed by atoms with Gasteiger partial charge in [-0.15, -0.1) is 0 Å². The minimum atomic E-state index is -0.829. The van der Waals surface area contributed by atoms with Crippen LogP contribution >= 0.6 is 0 Å². The Morgan fingerprint density at radius 3 is 2.61 bits per heavy atom. The van der Waals surface area contributed by atoms with Crippen molar-refractivity contribution in [3.63, 3.8) is 0 Å². The fourth-order valence-electron chi connectivity index (χ4n) is 2.11. The molecule has 4 heteroatoms. The van der Waals surface area contributed by atoms with Crippen LogP contribution < -0.4 is 4.74 Å². The molecule has 1 rings (SSSR count). The summed E-state index contributed by atoms with van der Waals surface area (Å²) in [6.07, 6.45) is 1.14. The molecule has 0 radical (unpaired) electrons. The van der Waals surface area contributed by atoms with Crippen molar-refractivity contribution in [1.29, 1.82) is 0 Å². The number of carboxylic acid groups (broad SMARTS) is 1. The van der Waals surface area contributed by atoms with Gasteiger partial charge in [-0.3, -0.25) is 4.79 Å². The minimum Gasteiger partial charge on any atom is -0.496 e. The summed E-state index contributed by atoms with van der Waals surface area (Å²) >= 11 is 0. The first kappa shape index (κ1) is 14.5. The molecule has 0 unspecified atom stereocenters. The molecule has 0 aliphatic heterocycles. The van der Waals surface area contributed by atoms with E-state index in [0.29, 0.717) is 18.6 Å². The van der Waals surface area contributed by atoms with Gasteiger partial charge in [-0.1, -0.05) is 13.8 Å². The Morgan fingerprint density at radius 1 is 1.44 bits per heavy atom. The number of carboxylic acids is 1. The lowest BCUT2D eigenvalue weighted by molar-refractivity contribution is -0.137. The Kier molecular flexibility index (Phi) is 5.13. The van der Waals surface area contributed by atoms with Gasteiger partial charge in [-0.25, -0.2) is 4.39 Å². The van der Waals surface area contributed by atoms with E-state index in [9.17, 15) is 9.18 Å². The van der Waals surface area contributed by atoms with E-state index in [1.807, 2.05) is 13.8 Å². The quantitative estimate of drug-likeness (QED) is 0.846. The van der Waals surface area contributed by atoms with Crippen LogP contribution in [-0.4, -0.2) is 18.2 Å². The van der Waals surface area contributed by atoms with Crippen LogP contribution in [0.1, 0.15) is 43.7 Å². The van der Waals surface area contributed by atoms with Gasteiger partial charge in [0, 0.05) is 18.1 Å². The highest BCUT2D eigenvalue weighted by Crippen LogP contribution is 2.31. The molecule has 0 aliphatic rings. The third-order valence-corrected chi connectivity index (χ3v) is 2.83. The van der Waals surface area contributed by atoms with E-state index in [0.717, 1.165) is 11.1 Å². The summed E-state index contributed by atoms with van der Waals surface area (Å²) in [6.45, 7) is 4.02. The fraction of sp³-hybridized carbons (Fsp3) is 0.500. The van der Waals surface area contributed by atoms with Crippen molar-refractivity contribution in [2.75, 3.05) is 7.11 Å². The standard InChI is InChI=1S/C14H19FO3/c1-9(2)14-10(5-4-6-13(16)17)7-11(15)8-12(14)18-3/h7-9H,4-6H2,1-3H3,(H,16,17). The Balaban J connectivity index is 3.00. The van der Waals surface area contributed by atoms with Gasteiger partial charge >= 0.3 is 5.97 Å². The number of rotatable bonds is 6. The molecule has 0 saturated carbocycles.